The Hall–Kier alpha value is -2.00. The molecule has 0 aliphatic heterocycles. The highest BCUT2D eigenvalue weighted by Crippen LogP contribution is 2.24. The van der Waals surface area contributed by atoms with Gasteiger partial charge in [0.2, 0.25) is 10.0 Å². The highest BCUT2D eigenvalue weighted by Gasteiger charge is 2.31. The molecule has 1 N–H and O–H groups in total. The zero-order chi connectivity index (χ0) is 15.7. The van der Waals surface area contributed by atoms with E-state index in [0.717, 1.165) is 25.2 Å². The number of nitro groups is 1. The number of non-ortho nitro benzene ring substituents is 1. The van der Waals surface area contributed by atoms with Crippen molar-refractivity contribution in [2.75, 3.05) is 7.05 Å². The maximum absolute atomic E-state index is 12.3. The summed E-state index contributed by atoms with van der Waals surface area (Å²) >= 11 is 0. The van der Waals surface area contributed by atoms with Gasteiger partial charge in [-0.3, -0.25) is 14.9 Å². The van der Waals surface area contributed by atoms with Crippen LogP contribution in [0.4, 0.5) is 5.69 Å². The fraction of sp³-hybridized carbons (Fsp3) is 0.364. The largest absolute Gasteiger partial charge is 0.480 e. The minimum atomic E-state index is -4.03. The van der Waals surface area contributed by atoms with Crippen LogP contribution in [0.25, 0.3) is 0 Å². The van der Waals surface area contributed by atoms with E-state index in [1.165, 1.54) is 13.8 Å². The number of carbonyl (C=O) groups is 1. The Labute approximate surface area is 115 Å². The number of aryl methyl sites for hydroxylation is 1. The van der Waals surface area contributed by atoms with Crippen LogP contribution in [-0.4, -0.2) is 41.8 Å². The van der Waals surface area contributed by atoms with Crippen molar-refractivity contribution < 1.29 is 23.2 Å². The van der Waals surface area contributed by atoms with Crippen LogP contribution in [0.3, 0.4) is 0 Å². The maximum Gasteiger partial charge on any atom is 0.321 e. The van der Waals surface area contributed by atoms with Gasteiger partial charge >= 0.3 is 5.97 Å². The number of hydrogen-bond acceptors (Lipinski definition) is 5. The van der Waals surface area contributed by atoms with Gasteiger partial charge in [-0.1, -0.05) is 0 Å². The lowest BCUT2D eigenvalue weighted by molar-refractivity contribution is -0.385. The number of aliphatic carboxylic acids is 1. The molecule has 20 heavy (non-hydrogen) atoms. The van der Waals surface area contributed by atoms with Gasteiger partial charge in [-0.25, -0.2) is 8.42 Å². The third kappa shape index (κ3) is 2.94. The zero-order valence-electron chi connectivity index (χ0n) is 11.1. The lowest BCUT2D eigenvalue weighted by Gasteiger charge is -2.21. The van der Waals surface area contributed by atoms with Crippen molar-refractivity contribution in [1.82, 2.24) is 4.31 Å². The Kier molecular flexibility index (Phi) is 4.46. The van der Waals surface area contributed by atoms with Gasteiger partial charge in [0, 0.05) is 19.2 Å². The minimum absolute atomic E-state index is 0.154. The molecule has 1 atom stereocenters. The van der Waals surface area contributed by atoms with Gasteiger partial charge in [-0.2, -0.15) is 4.31 Å². The fourth-order valence-electron chi connectivity index (χ4n) is 1.56. The number of rotatable bonds is 5. The summed E-state index contributed by atoms with van der Waals surface area (Å²) < 4.78 is 25.3. The van der Waals surface area contributed by atoms with E-state index in [9.17, 15) is 23.3 Å². The first-order chi connectivity index (χ1) is 9.09. The van der Waals surface area contributed by atoms with Crippen LogP contribution in [0.2, 0.25) is 0 Å². The Bertz CT molecular complexity index is 655. The monoisotopic (exact) mass is 302 g/mol. The van der Waals surface area contributed by atoms with E-state index in [0.29, 0.717) is 4.31 Å². The molecule has 0 radical (unpaired) electrons. The molecule has 0 amide bonds. The van der Waals surface area contributed by atoms with Gasteiger partial charge in [0.25, 0.3) is 5.69 Å². The van der Waals surface area contributed by atoms with Gasteiger partial charge in [0.05, 0.1) is 9.82 Å². The number of likely N-dealkylation sites (N-methyl/N-ethyl adjacent to an activating group) is 1. The molecule has 110 valence electrons. The Morgan fingerprint density at radius 3 is 2.40 bits per heavy atom. The van der Waals surface area contributed by atoms with Crippen LogP contribution in [0, 0.1) is 17.0 Å². The molecule has 1 aromatic rings. The summed E-state index contributed by atoms with van der Waals surface area (Å²) in [7, 11) is -2.88. The summed E-state index contributed by atoms with van der Waals surface area (Å²) in [4.78, 5) is 20.7. The molecule has 0 saturated carbocycles. The first-order valence-corrected chi connectivity index (χ1v) is 6.99. The Balaban J connectivity index is 3.30. The third-order valence-corrected chi connectivity index (χ3v) is 5.02. The second-order valence-electron chi connectivity index (χ2n) is 4.24. The second-order valence-corrected chi connectivity index (χ2v) is 6.21. The van der Waals surface area contributed by atoms with Gasteiger partial charge < -0.3 is 5.11 Å². The van der Waals surface area contributed by atoms with Crippen LogP contribution in [0.5, 0.6) is 0 Å². The molecule has 0 fully saturated rings. The highest BCUT2D eigenvalue weighted by atomic mass is 32.2. The van der Waals surface area contributed by atoms with Crippen molar-refractivity contribution in [3.8, 4) is 0 Å². The van der Waals surface area contributed by atoms with Crippen molar-refractivity contribution in [1.29, 1.82) is 0 Å². The first kappa shape index (κ1) is 16.1. The number of nitro benzene ring substituents is 1. The Morgan fingerprint density at radius 2 is 2.00 bits per heavy atom. The average molecular weight is 302 g/mol. The van der Waals surface area contributed by atoms with E-state index in [1.54, 1.807) is 0 Å². The number of benzene rings is 1. The van der Waals surface area contributed by atoms with Crippen molar-refractivity contribution >= 4 is 21.7 Å². The predicted molar refractivity (Wildman–Crippen MR) is 69.9 cm³/mol. The lowest BCUT2D eigenvalue weighted by Crippen LogP contribution is -2.40. The first-order valence-electron chi connectivity index (χ1n) is 5.55. The molecule has 0 spiro atoms. The molecule has 8 nitrogen and oxygen atoms in total. The molecule has 0 aliphatic rings. The minimum Gasteiger partial charge on any atom is -0.480 e. The number of sulfonamides is 1. The van der Waals surface area contributed by atoms with Crippen LogP contribution < -0.4 is 0 Å². The van der Waals surface area contributed by atoms with E-state index >= 15 is 0 Å². The third-order valence-electron chi connectivity index (χ3n) is 2.93. The van der Waals surface area contributed by atoms with Crippen LogP contribution >= 0.6 is 0 Å². The number of carboxylic acid groups (broad SMARTS) is 1. The van der Waals surface area contributed by atoms with Gasteiger partial charge in [0.15, 0.2) is 0 Å². The second kappa shape index (κ2) is 5.55. The van der Waals surface area contributed by atoms with Gasteiger partial charge in [-0.15, -0.1) is 0 Å². The van der Waals surface area contributed by atoms with Crippen molar-refractivity contribution in [2.45, 2.75) is 24.8 Å². The molecule has 1 aromatic carbocycles. The molecule has 0 bridgehead atoms. The van der Waals surface area contributed by atoms with E-state index in [-0.39, 0.29) is 16.1 Å². The van der Waals surface area contributed by atoms with Crippen LogP contribution in [0.15, 0.2) is 23.1 Å². The topological polar surface area (TPSA) is 118 Å². The standard InChI is InChI=1S/C11H14N2O6S/c1-7-6-9(13(16)17)4-5-10(7)20(18,19)12(3)8(2)11(14)15/h4-6,8H,1-3H3,(H,14,15). The van der Waals surface area contributed by atoms with Crippen molar-refractivity contribution in [3.63, 3.8) is 0 Å². The number of carboxylic acids is 1. The quantitative estimate of drug-likeness (QED) is 0.640. The molecule has 0 saturated heterocycles. The SMILES string of the molecule is Cc1cc([N+](=O)[O-])ccc1S(=O)(=O)N(C)C(C)C(=O)O. The van der Waals surface area contributed by atoms with Gasteiger partial charge in [0.1, 0.15) is 6.04 Å². The van der Waals surface area contributed by atoms with E-state index in [1.807, 2.05) is 0 Å². The average Bonchev–Trinajstić information content (AvgIpc) is 2.36. The summed E-state index contributed by atoms with van der Waals surface area (Å²) in [6.45, 7) is 2.65. The summed E-state index contributed by atoms with van der Waals surface area (Å²) in [5.41, 5.74) is -0.0426. The van der Waals surface area contributed by atoms with E-state index < -0.39 is 27.0 Å². The normalized spacial score (nSPS) is 13.2. The molecular formula is C11H14N2O6S. The number of nitrogens with zero attached hydrogens (tertiary/aromatic N) is 2. The highest BCUT2D eigenvalue weighted by molar-refractivity contribution is 7.89. The predicted octanol–water partition coefficient (Wildman–Crippen LogP) is 0.997. The Morgan fingerprint density at radius 1 is 1.45 bits per heavy atom. The molecule has 0 aliphatic carbocycles. The fourth-order valence-corrected chi connectivity index (χ4v) is 3.08. The summed E-state index contributed by atoms with van der Waals surface area (Å²) in [6, 6.07) is 2.06. The molecule has 0 heterocycles. The summed E-state index contributed by atoms with van der Waals surface area (Å²) in [6.07, 6.45) is 0. The van der Waals surface area contributed by atoms with Crippen LogP contribution in [-0.2, 0) is 14.8 Å². The molecular weight excluding hydrogens is 288 g/mol. The van der Waals surface area contributed by atoms with E-state index in [4.69, 9.17) is 5.11 Å². The zero-order valence-corrected chi connectivity index (χ0v) is 11.9. The molecule has 0 aromatic heterocycles. The molecule has 1 unspecified atom stereocenters. The van der Waals surface area contributed by atoms with Gasteiger partial charge in [-0.05, 0) is 25.5 Å². The van der Waals surface area contributed by atoms with E-state index in [2.05, 4.69) is 0 Å². The van der Waals surface area contributed by atoms with Crippen LogP contribution in [0.1, 0.15) is 12.5 Å². The molecule has 1 rings (SSSR count). The van der Waals surface area contributed by atoms with Crippen molar-refractivity contribution in [2.24, 2.45) is 0 Å². The lowest BCUT2D eigenvalue weighted by atomic mass is 10.2. The molecule has 9 heteroatoms. The summed E-state index contributed by atoms with van der Waals surface area (Å²) in [5, 5.41) is 19.5. The smallest absolute Gasteiger partial charge is 0.321 e. The summed E-state index contributed by atoms with van der Waals surface area (Å²) in [5.74, 6) is -1.28. The number of hydrogen-bond donors (Lipinski definition) is 1. The maximum atomic E-state index is 12.3. The van der Waals surface area contributed by atoms with Crippen molar-refractivity contribution in [3.05, 3.63) is 33.9 Å².